The molecular weight excluding hydrogens is 466 g/mol. The summed E-state index contributed by atoms with van der Waals surface area (Å²) < 4.78 is 11.0. The summed E-state index contributed by atoms with van der Waals surface area (Å²) in [5, 5.41) is 11.3. The van der Waals surface area contributed by atoms with Gasteiger partial charge in [0.1, 0.15) is 17.3 Å². The number of hydrogen-bond acceptors (Lipinski definition) is 5. The van der Waals surface area contributed by atoms with Gasteiger partial charge in [-0.15, -0.1) is 0 Å². The minimum absolute atomic E-state index is 0.00730. The topological polar surface area (TPSA) is 76.1 Å². The van der Waals surface area contributed by atoms with E-state index in [-0.39, 0.29) is 22.9 Å². The van der Waals surface area contributed by atoms with Gasteiger partial charge >= 0.3 is 0 Å². The number of ether oxygens (including phenoxy) is 2. The maximum Gasteiger partial charge on any atom is 0.300 e. The van der Waals surface area contributed by atoms with Gasteiger partial charge in [0, 0.05) is 11.3 Å². The molecule has 3 aromatic rings. The Balaban J connectivity index is 1.86. The van der Waals surface area contributed by atoms with Crippen molar-refractivity contribution >= 4 is 23.1 Å². The molecule has 1 amide bonds. The number of carbonyl (C=O) groups excluding carboxylic acids is 2. The number of ketones is 1. The van der Waals surface area contributed by atoms with Crippen molar-refractivity contribution in [2.75, 3.05) is 12.0 Å². The summed E-state index contributed by atoms with van der Waals surface area (Å²) in [6.45, 7) is 10.2. The number of carbonyl (C=O) groups is 2. The molecule has 6 heteroatoms. The number of hydrogen-bond donors (Lipinski definition) is 1. The maximum absolute atomic E-state index is 13.4. The molecule has 1 atom stereocenters. The molecule has 6 nitrogen and oxygen atoms in total. The highest BCUT2D eigenvalue weighted by Gasteiger charge is 2.47. The van der Waals surface area contributed by atoms with Crippen LogP contribution < -0.4 is 14.4 Å². The van der Waals surface area contributed by atoms with E-state index in [9.17, 15) is 14.7 Å². The highest BCUT2D eigenvalue weighted by molar-refractivity contribution is 6.51. The van der Waals surface area contributed by atoms with Crippen molar-refractivity contribution < 1.29 is 24.2 Å². The van der Waals surface area contributed by atoms with Crippen LogP contribution in [0.15, 0.2) is 78.4 Å². The van der Waals surface area contributed by atoms with E-state index >= 15 is 0 Å². The van der Waals surface area contributed by atoms with Crippen LogP contribution in [0.5, 0.6) is 11.5 Å². The largest absolute Gasteiger partial charge is 0.507 e. The number of aliphatic hydroxyl groups is 1. The lowest BCUT2D eigenvalue weighted by molar-refractivity contribution is -0.132. The van der Waals surface area contributed by atoms with Crippen LogP contribution in [0.25, 0.3) is 5.76 Å². The van der Waals surface area contributed by atoms with Crippen LogP contribution in [0.3, 0.4) is 0 Å². The van der Waals surface area contributed by atoms with E-state index in [4.69, 9.17) is 9.47 Å². The molecule has 0 saturated carbocycles. The van der Waals surface area contributed by atoms with E-state index in [1.165, 1.54) is 4.90 Å². The summed E-state index contributed by atoms with van der Waals surface area (Å²) in [6, 6.07) is 20.8. The lowest BCUT2D eigenvalue weighted by Crippen LogP contribution is -2.29. The number of rotatable bonds is 6. The number of benzene rings is 3. The summed E-state index contributed by atoms with van der Waals surface area (Å²) in [6.07, 6.45) is 0.00730. The molecular formula is C31H33NO5. The number of nitrogens with zero attached hydrogens (tertiary/aromatic N) is 1. The molecule has 0 spiro atoms. The van der Waals surface area contributed by atoms with Crippen molar-refractivity contribution in [1.82, 2.24) is 0 Å². The Morgan fingerprint density at radius 2 is 1.43 bits per heavy atom. The lowest BCUT2D eigenvalue weighted by Gasteiger charge is -2.27. The number of aliphatic hydroxyl groups excluding tert-OH is 1. The first-order valence-electron chi connectivity index (χ1n) is 12.3. The van der Waals surface area contributed by atoms with Crippen LogP contribution in [0, 0.1) is 0 Å². The van der Waals surface area contributed by atoms with Crippen molar-refractivity contribution in [3.63, 3.8) is 0 Å². The molecule has 4 rings (SSSR count). The van der Waals surface area contributed by atoms with E-state index in [2.05, 4.69) is 20.8 Å². The molecule has 0 bridgehead atoms. The SMILES string of the molecule is COc1ccc(/C(O)=C2\C(=O)C(=O)N(c3ccc(C(C)(C)C)cc3)C2c2ccc(OC(C)C)cc2)cc1. The van der Waals surface area contributed by atoms with Gasteiger partial charge in [-0.1, -0.05) is 45.0 Å². The highest BCUT2D eigenvalue weighted by atomic mass is 16.5. The van der Waals surface area contributed by atoms with Crippen LogP contribution in [-0.2, 0) is 15.0 Å². The van der Waals surface area contributed by atoms with E-state index in [1.54, 1.807) is 31.4 Å². The van der Waals surface area contributed by atoms with E-state index in [0.29, 0.717) is 28.3 Å². The Kier molecular flexibility index (Phi) is 7.12. The van der Waals surface area contributed by atoms with Gasteiger partial charge in [-0.05, 0) is 78.9 Å². The van der Waals surface area contributed by atoms with Crippen LogP contribution in [0.1, 0.15) is 57.4 Å². The van der Waals surface area contributed by atoms with Crippen LogP contribution in [0.2, 0.25) is 0 Å². The molecule has 1 aliphatic heterocycles. The predicted molar refractivity (Wildman–Crippen MR) is 145 cm³/mol. The average molecular weight is 500 g/mol. The molecule has 0 aliphatic carbocycles. The number of Topliss-reactive ketones (excluding diaryl/α,β-unsaturated/α-hetero) is 1. The molecule has 1 N–H and O–H groups in total. The molecule has 3 aromatic carbocycles. The van der Waals surface area contributed by atoms with Gasteiger partial charge in [-0.3, -0.25) is 14.5 Å². The van der Waals surface area contributed by atoms with Crippen molar-refractivity contribution in [3.8, 4) is 11.5 Å². The number of amides is 1. The summed E-state index contributed by atoms with van der Waals surface area (Å²) in [4.78, 5) is 28.3. The van der Waals surface area contributed by atoms with E-state index in [1.807, 2.05) is 62.4 Å². The van der Waals surface area contributed by atoms with Gasteiger partial charge in [0.25, 0.3) is 11.7 Å². The van der Waals surface area contributed by atoms with Gasteiger partial charge in [0.2, 0.25) is 0 Å². The van der Waals surface area contributed by atoms with Crippen molar-refractivity contribution in [2.24, 2.45) is 0 Å². The molecule has 1 heterocycles. The molecule has 192 valence electrons. The fourth-order valence-corrected chi connectivity index (χ4v) is 4.44. The third-order valence-electron chi connectivity index (χ3n) is 6.39. The van der Waals surface area contributed by atoms with Crippen molar-refractivity contribution in [2.45, 2.75) is 52.2 Å². The van der Waals surface area contributed by atoms with Crippen LogP contribution in [0.4, 0.5) is 5.69 Å². The van der Waals surface area contributed by atoms with E-state index in [0.717, 1.165) is 5.56 Å². The Labute approximate surface area is 218 Å². The van der Waals surface area contributed by atoms with Crippen molar-refractivity contribution in [1.29, 1.82) is 0 Å². The second kappa shape index (κ2) is 10.1. The molecule has 1 saturated heterocycles. The first-order valence-corrected chi connectivity index (χ1v) is 12.3. The van der Waals surface area contributed by atoms with Crippen LogP contribution >= 0.6 is 0 Å². The standard InChI is InChI=1S/C31H33NO5/c1-19(2)37-25-17-7-20(8-18-25)27-26(28(33)21-9-15-24(36-6)16-10-21)29(34)30(35)32(27)23-13-11-22(12-14-23)31(3,4)5/h7-19,27,33H,1-6H3/b28-26+. The van der Waals surface area contributed by atoms with Gasteiger partial charge in [-0.2, -0.15) is 0 Å². The second-order valence-corrected chi connectivity index (χ2v) is 10.4. The van der Waals surface area contributed by atoms with Gasteiger partial charge in [0.05, 0.1) is 24.8 Å². The normalized spacial score (nSPS) is 17.4. The lowest BCUT2D eigenvalue weighted by atomic mass is 9.87. The monoisotopic (exact) mass is 499 g/mol. The summed E-state index contributed by atoms with van der Waals surface area (Å²) in [5.41, 5.74) is 2.77. The number of methoxy groups -OCH3 is 1. The predicted octanol–water partition coefficient (Wildman–Crippen LogP) is 6.41. The smallest absolute Gasteiger partial charge is 0.300 e. The van der Waals surface area contributed by atoms with E-state index < -0.39 is 17.7 Å². The maximum atomic E-state index is 13.4. The quantitative estimate of drug-likeness (QED) is 0.241. The molecule has 1 unspecified atom stereocenters. The van der Waals surface area contributed by atoms with Gasteiger partial charge in [-0.25, -0.2) is 0 Å². The summed E-state index contributed by atoms with van der Waals surface area (Å²) >= 11 is 0. The fraction of sp³-hybridized carbons (Fsp3) is 0.290. The molecule has 0 aromatic heterocycles. The average Bonchev–Trinajstić information content (AvgIpc) is 3.13. The highest BCUT2D eigenvalue weighted by Crippen LogP contribution is 2.43. The van der Waals surface area contributed by atoms with Crippen molar-refractivity contribution in [3.05, 3.63) is 95.1 Å². The zero-order valence-corrected chi connectivity index (χ0v) is 22.1. The summed E-state index contributed by atoms with van der Waals surface area (Å²) in [5.74, 6) is -0.359. The fourth-order valence-electron chi connectivity index (χ4n) is 4.44. The zero-order valence-electron chi connectivity index (χ0n) is 22.1. The molecule has 1 fully saturated rings. The van der Waals surface area contributed by atoms with Gasteiger partial charge < -0.3 is 14.6 Å². The first kappa shape index (κ1) is 26.0. The Hall–Kier alpha value is -4.06. The molecule has 37 heavy (non-hydrogen) atoms. The zero-order chi connectivity index (χ0) is 26.9. The van der Waals surface area contributed by atoms with Crippen LogP contribution in [-0.4, -0.2) is 30.0 Å². The Morgan fingerprint density at radius 1 is 0.865 bits per heavy atom. The Morgan fingerprint density at radius 3 is 1.95 bits per heavy atom. The Bertz CT molecular complexity index is 1310. The minimum Gasteiger partial charge on any atom is -0.507 e. The molecule has 0 radical (unpaired) electrons. The summed E-state index contributed by atoms with van der Waals surface area (Å²) in [7, 11) is 1.55. The molecule has 1 aliphatic rings. The third-order valence-corrected chi connectivity index (χ3v) is 6.39. The first-order chi connectivity index (χ1) is 17.5. The minimum atomic E-state index is -0.810. The van der Waals surface area contributed by atoms with Gasteiger partial charge in [0.15, 0.2) is 0 Å². The second-order valence-electron chi connectivity index (χ2n) is 10.4. The third kappa shape index (κ3) is 5.24. The number of anilines is 1.